The summed E-state index contributed by atoms with van der Waals surface area (Å²) in [5.74, 6) is 0.587. The number of carbonyl (C=O) groups is 1. The molecule has 0 atom stereocenters. The van der Waals surface area contributed by atoms with Crippen LogP contribution in [0.5, 0.6) is 5.75 Å². The molecule has 1 aliphatic rings. The molecule has 0 radical (unpaired) electrons. The molecule has 1 fully saturated rings. The number of carbonyl (C=O) groups excluding carboxylic acids is 1. The molecule has 0 aliphatic carbocycles. The van der Waals surface area contributed by atoms with E-state index in [1.165, 1.54) is 18.5 Å². The number of ether oxygens (including phenoxy) is 1. The van der Waals surface area contributed by atoms with Crippen molar-refractivity contribution in [1.29, 1.82) is 0 Å². The van der Waals surface area contributed by atoms with Gasteiger partial charge in [-0.25, -0.2) is 0 Å². The highest BCUT2D eigenvalue weighted by atomic mass is 16.5. The van der Waals surface area contributed by atoms with Gasteiger partial charge in [-0.2, -0.15) is 0 Å². The van der Waals surface area contributed by atoms with Crippen molar-refractivity contribution < 1.29 is 9.53 Å². The maximum atomic E-state index is 12.3. The molecule has 29 heavy (non-hydrogen) atoms. The van der Waals surface area contributed by atoms with E-state index < -0.39 is 0 Å². The monoisotopic (exact) mass is 391 g/mol. The number of hydrogen-bond acceptors (Lipinski definition) is 4. The summed E-state index contributed by atoms with van der Waals surface area (Å²) >= 11 is 0. The molecule has 6 heteroatoms. The Morgan fingerprint density at radius 2 is 1.86 bits per heavy atom. The van der Waals surface area contributed by atoms with Crippen molar-refractivity contribution in [3.8, 4) is 5.75 Å². The Bertz CT molecular complexity index is 1070. The quantitative estimate of drug-likeness (QED) is 0.672. The highest BCUT2D eigenvalue weighted by molar-refractivity contribution is 5.91. The number of nitrogens with zero attached hydrogens (tertiary/aromatic N) is 1. The molecule has 0 unspecified atom stereocenters. The van der Waals surface area contributed by atoms with Gasteiger partial charge in [0.15, 0.2) is 0 Å². The fourth-order valence-corrected chi connectivity index (χ4v) is 3.74. The number of methoxy groups -OCH3 is 1. The lowest BCUT2D eigenvalue weighted by Crippen LogP contribution is -2.18. The van der Waals surface area contributed by atoms with Gasteiger partial charge in [0, 0.05) is 42.5 Å². The highest BCUT2D eigenvalue weighted by Gasteiger charge is 2.12. The molecule has 0 bridgehead atoms. The zero-order chi connectivity index (χ0) is 20.2. The van der Waals surface area contributed by atoms with Crippen molar-refractivity contribution in [1.82, 2.24) is 4.98 Å². The predicted molar refractivity (Wildman–Crippen MR) is 116 cm³/mol. The molecule has 150 valence electrons. The number of hydrogen-bond donors (Lipinski definition) is 2. The topological polar surface area (TPSA) is 74.4 Å². The Morgan fingerprint density at radius 1 is 1.10 bits per heavy atom. The maximum Gasteiger partial charge on any atom is 0.251 e. The molecule has 2 N–H and O–H groups in total. The molecule has 4 rings (SSSR count). The van der Waals surface area contributed by atoms with Crippen LogP contribution in [0.15, 0.2) is 53.3 Å². The first-order chi connectivity index (χ1) is 14.1. The van der Waals surface area contributed by atoms with E-state index in [0.717, 1.165) is 29.7 Å². The van der Waals surface area contributed by atoms with E-state index in [1.807, 2.05) is 42.5 Å². The van der Waals surface area contributed by atoms with E-state index in [-0.39, 0.29) is 17.9 Å². The molecule has 2 heterocycles. The number of H-pyrrole nitrogens is 1. The molecule has 1 amide bonds. The van der Waals surface area contributed by atoms with Crippen molar-refractivity contribution >= 4 is 28.2 Å². The second-order valence-corrected chi connectivity index (χ2v) is 7.37. The molecule has 0 spiro atoms. The van der Waals surface area contributed by atoms with Gasteiger partial charge in [-0.3, -0.25) is 9.59 Å². The fourth-order valence-electron chi connectivity index (χ4n) is 3.74. The van der Waals surface area contributed by atoms with Crippen LogP contribution in [0.4, 0.5) is 11.4 Å². The Hall–Kier alpha value is -3.28. The Balaban J connectivity index is 1.37. The Labute approximate surface area is 169 Å². The van der Waals surface area contributed by atoms with Crippen LogP contribution >= 0.6 is 0 Å². The SMILES string of the molecule is COc1ccc2cc(CCC(=O)Nc3ccc(N4CCCC4)cc3)c(=O)[nH]c2c1. The standard InChI is InChI=1S/C23H25N3O3/c1-29-20-10-4-16-14-17(23(28)25-21(16)15-20)5-11-22(27)24-18-6-8-19(9-7-18)26-12-2-3-13-26/h4,6-10,14-15H,2-3,5,11-13H2,1H3,(H,24,27)(H,25,28). The summed E-state index contributed by atoms with van der Waals surface area (Å²) in [6.45, 7) is 2.19. The summed E-state index contributed by atoms with van der Waals surface area (Å²) in [6.07, 6.45) is 3.10. The second-order valence-electron chi connectivity index (χ2n) is 7.37. The summed E-state index contributed by atoms with van der Waals surface area (Å²) in [6, 6.07) is 15.3. The van der Waals surface area contributed by atoms with Crippen LogP contribution in [0.3, 0.4) is 0 Å². The summed E-state index contributed by atoms with van der Waals surface area (Å²) in [5, 5.41) is 3.83. The van der Waals surface area contributed by atoms with E-state index in [0.29, 0.717) is 17.7 Å². The first-order valence-corrected chi connectivity index (χ1v) is 9.97. The molecule has 1 aromatic heterocycles. The number of aryl methyl sites for hydroxylation is 1. The van der Waals surface area contributed by atoms with Crippen molar-refractivity contribution in [2.45, 2.75) is 25.7 Å². The number of aromatic amines is 1. The predicted octanol–water partition coefficient (Wildman–Crippen LogP) is 3.71. The van der Waals surface area contributed by atoms with Crippen molar-refractivity contribution in [3.63, 3.8) is 0 Å². The van der Waals surface area contributed by atoms with Crippen molar-refractivity contribution in [3.05, 3.63) is 64.4 Å². The normalized spacial score (nSPS) is 13.6. The lowest BCUT2D eigenvalue weighted by molar-refractivity contribution is -0.116. The lowest BCUT2D eigenvalue weighted by atomic mass is 10.1. The third kappa shape index (κ3) is 4.42. The molecule has 6 nitrogen and oxygen atoms in total. The average Bonchev–Trinajstić information content (AvgIpc) is 3.27. The smallest absolute Gasteiger partial charge is 0.251 e. The van der Waals surface area contributed by atoms with Crippen LogP contribution in [0.25, 0.3) is 10.9 Å². The van der Waals surface area contributed by atoms with Gasteiger partial charge >= 0.3 is 0 Å². The van der Waals surface area contributed by atoms with Crippen LogP contribution < -0.4 is 20.5 Å². The van der Waals surface area contributed by atoms with Crippen LogP contribution in [-0.2, 0) is 11.2 Å². The minimum Gasteiger partial charge on any atom is -0.497 e. The molecular formula is C23H25N3O3. The van der Waals surface area contributed by atoms with Gasteiger partial charge < -0.3 is 19.9 Å². The zero-order valence-corrected chi connectivity index (χ0v) is 16.5. The molecule has 1 aliphatic heterocycles. The van der Waals surface area contributed by atoms with E-state index in [1.54, 1.807) is 13.2 Å². The summed E-state index contributed by atoms with van der Waals surface area (Å²) in [5.41, 5.74) is 3.12. The number of amides is 1. The number of fused-ring (bicyclic) bond motifs is 1. The number of benzene rings is 2. The number of anilines is 2. The van der Waals surface area contributed by atoms with Gasteiger partial charge in [-0.1, -0.05) is 0 Å². The fraction of sp³-hybridized carbons (Fsp3) is 0.304. The Kier molecular flexibility index (Phi) is 5.51. The minimum absolute atomic E-state index is 0.104. The zero-order valence-electron chi connectivity index (χ0n) is 16.5. The summed E-state index contributed by atoms with van der Waals surface area (Å²) in [7, 11) is 1.59. The third-order valence-electron chi connectivity index (χ3n) is 5.37. The first-order valence-electron chi connectivity index (χ1n) is 9.97. The molecule has 0 saturated carbocycles. The number of rotatable bonds is 6. The summed E-state index contributed by atoms with van der Waals surface area (Å²) < 4.78 is 5.19. The lowest BCUT2D eigenvalue weighted by Gasteiger charge is -2.17. The number of nitrogens with one attached hydrogen (secondary N) is 2. The molecule has 2 aromatic carbocycles. The number of aromatic nitrogens is 1. The average molecular weight is 391 g/mol. The van der Waals surface area contributed by atoms with Gasteiger partial charge in [0.05, 0.1) is 12.6 Å². The second kappa shape index (κ2) is 8.39. The van der Waals surface area contributed by atoms with E-state index in [9.17, 15) is 9.59 Å². The van der Waals surface area contributed by atoms with E-state index in [2.05, 4.69) is 15.2 Å². The molecular weight excluding hydrogens is 366 g/mol. The largest absolute Gasteiger partial charge is 0.497 e. The van der Waals surface area contributed by atoms with Gasteiger partial charge in [0.2, 0.25) is 5.91 Å². The van der Waals surface area contributed by atoms with Gasteiger partial charge in [0.1, 0.15) is 5.75 Å². The van der Waals surface area contributed by atoms with Gasteiger partial charge in [0.25, 0.3) is 5.56 Å². The van der Waals surface area contributed by atoms with E-state index >= 15 is 0 Å². The van der Waals surface area contributed by atoms with Crippen LogP contribution in [0, 0.1) is 0 Å². The van der Waals surface area contributed by atoms with Crippen molar-refractivity contribution in [2.75, 3.05) is 30.4 Å². The van der Waals surface area contributed by atoms with Gasteiger partial charge in [-0.05, 0) is 67.1 Å². The maximum absolute atomic E-state index is 12.3. The number of pyridine rings is 1. The highest BCUT2D eigenvalue weighted by Crippen LogP contribution is 2.22. The van der Waals surface area contributed by atoms with Gasteiger partial charge in [-0.15, -0.1) is 0 Å². The first kappa shape index (κ1) is 19.1. The molecule has 1 saturated heterocycles. The Morgan fingerprint density at radius 3 is 2.59 bits per heavy atom. The third-order valence-corrected chi connectivity index (χ3v) is 5.37. The van der Waals surface area contributed by atoms with Crippen LogP contribution in [0.1, 0.15) is 24.8 Å². The van der Waals surface area contributed by atoms with Crippen LogP contribution in [0.2, 0.25) is 0 Å². The van der Waals surface area contributed by atoms with E-state index in [4.69, 9.17) is 4.74 Å². The minimum atomic E-state index is -0.173. The van der Waals surface area contributed by atoms with Crippen molar-refractivity contribution in [2.24, 2.45) is 0 Å². The summed E-state index contributed by atoms with van der Waals surface area (Å²) in [4.78, 5) is 29.9. The van der Waals surface area contributed by atoms with Crippen LogP contribution in [-0.4, -0.2) is 31.1 Å². The molecule has 3 aromatic rings.